The van der Waals surface area contributed by atoms with Crippen LogP contribution < -0.4 is 10.6 Å². The Hall–Kier alpha value is -3.06. The van der Waals surface area contributed by atoms with Crippen LogP contribution in [0.3, 0.4) is 0 Å². The maximum atomic E-state index is 12.5. The zero-order valence-electron chi connectivity index (χ0n) is 15.0. The number of rotatable bonds is 4. The minimum absolute atomic E-state index is 0.138. The van der Waals surface area contributed by atoms with Crippen LogP contribution in [-0.4, -0.2) is 41.0 Å². The fraction of sp³-hybridized carbons (Fsp3) is 0.250. The van der Waals surface area contributed by atoms with Gasteiger partial charge in [-0.1, -0.05) is 11.6 Å². The Labute approximate surface area is 167 Å². The Balaban J connectivity index is 1.54. The van der Waals surface area contributed by atoms with Gasteiger partial charge in [0.15, 0.2) is 0 Å². The molecule has 1 aliphatic rings. The molecule has 0 aliphatic carbocycles. The minimum atomic E-state index is -0.806. The summed E-state index contributed by atoms with van der Waals surface area (Å²) in [5.41, 5.74) is 1.66. The summed E-state index contributed by atoms with van der Waals surface area (Å²) in [7, 11) is 0. The van der Waals surface area contributed by atoms with Crippen molar-refractivity contribution in [1.82, 2.24) is 4.90 Å². The first-order valence-corrected chi connectivity index (χ1v) is 9.26. The van der Waals surface area contributed by atoms with Crippen molar-refractivity contribution in [2.45, 2.75) is 12.8 Å². The molecule has 2 aromatic rings. The molecule has 146 valence electrons. The van der Waals surface area contributed by atoms with Crippen molar-refractivity contribution in [3.63, 3.8) is 0 Å². The normalized spacial score (nSPS) is 14.4. The predicted molar refractivity (Wildman–Crippen MR) is 107 cm³/mol. The van der Waals surface area contributed by atoms with Gasteiger partial charge < -0.3 is 20.6 Å². The Morgan fingerprint density at radius 2 is 1.39 bits per heavy atom. The molecule has 2 aromatic carbocycles. The molecule has 0 saturated carbocycles. The van der Waals surface area contributed by atoms with E-state index in [1.54, 1.807) is 53.4 Å². The molecule has 7 nitrogen and oxygen atoms in total. The molecule has 1 saturated heterocycles. The second-order valence-electron chi connectivity index (χ2n) is 6.57. The summed E-state index contributed by atoms with van der Waals surface area (Å²) in [6.07, 6.45) is 0.928. The summed E-state index contributed by atoms with van der Waals surface area (Å²) >= 11 is 5.81. The third-order valence-electron chi connectivity index (χ3n) is 4.62. The van der Waals surface area contributed by atoms with Crippen molar-refractivity contribution in [2.75, 3.05) is 23.7 Å². The number of nitrogens with zero attached hydrogens (tertiary/aromatic N) is 1. The van der Waals surface area contributed by atoms with Crippen LogP contribution in [0.5, 0.6) is 0 Å². The molecule has 0 aromatic heterocycles. The predicted octanol–water partition coefficient (Wildman–Crippen LogP) is 3.92. The number of carbonyl (C=O) groups excluding carboxylic acids is 2. The first-order chi connectivity index (χ1) is 13.4. The van der Waals surface area contributed by atoms with E-state index in [2.05, 4.69) is 10.6 Å². The van der Waals surface area contributed by atoms with Gasteiger partial charge in [0, 0.05) is 35.1 Å². The lowest BCUT2D eigenvalue weighted by Crippen LogP contribution is -2.40. The van der Waals surface area contributed by atoms with Gasteiger partial charge in [0.2, 0.25) is 0 Å². The number of halogens is 1. The molecule has 3 amide bonds. The molecule has 1 aliphatic heterocycles. The summed E-state index contributed by atoms with van der Waals surface area (Å²) < 4.78 is 0. The Morgan fingerprint density at radius 3 is 1.89 bits per heavy atom. The zero-order valence-corrected chi connectivity index (χ0v) is 15.8. The van der Waals surface area contributed by atoms with Crippen molar-refractivity contribution in [1.29, 1.82) is 0 Å². The number of carbonyl (C=O) groups is 3. The summed E-state index contributed by atoms with van der Waals surface area (Å²) in [5, 5.41) is 15.0. The quantitative estimate of drug-likeness (QED) is 0.723. The van der Waals surface area contributed by atoms with E-state index in [1.807, 2.05) is 0 Å². The zero-order chi connectivity index (χ0) is 20.1. The van der Waals surface area contributed by atoms with Crippen LogP contribution in [-0.2, 0) is 4.79 Å². The maximum absolute atomic E-state index is 12.5. The third kappa shape index (κ3) is 5.01. The highest BCUT2D eigenvalue weighted by atomic mass is 35.5. The van der Waals surface area contributed by atoms with Crippen molar-refractivity contribution >= 4 is 40.9 Å². The highest BCUT2D eigenvalue weighted by Crippen LogP contribution is 2.20. The molecule has 1 heterocycles. The number of likely N-dealkylation sites (tertiary alicyclic amines) is 1. The number of nitrogens with one attached hydrogen (secondary N) is 2. The van der Waals surface area contributed by atoms with Gasteiger partial charge in [-0.2, -0.15) is 0 Å². The number of urea groups is 1. The van der Waals surface area contributed by atoms with E-state index < -0.39 is 12.0 Å². The second-order valence-corrected chi connectivity index (χ2v) is 7.00. The largest absolute Gasteiger partial charge is 0.481 e. The number of carboxylic acids is 1. The molecular weight excluding hydrogens is 382 g/mol. The van der Waals surface area contributed by atoms with Gasteiger partial charge in [-0.3, -0.25) is 9.59 Å². The van der Waals surface area contributed by atoms with Gasteiger partial charge >= 0.3 is 12.0 Å². The van der Waals surface area contributed by atoms with Crippen LogP contribution in [0, 0.1) is 5.92 Å². The topological polar surface area (TPSA) is 98.7 Å². The van der Waals surface area contributed by atoms with Gasteiger partial charge in [-0.05, 0) is 61.4 Å². The van der Waals surface area contributed by atoms with Crippen LogP contribution in [0.1, 0.15) is 23.2 Å². The second kappa shape index (κ2) is 8.75. The number of amides is 3. The molecule has 28 heavy (non-hydrogen) atoms. The maximum Gasteiger partial charge on any atom is 0.323 e. The van der Waals surface area contributed by atoms with Gasteiger partial charge in [0.05, 0.1) is 5.92 Å². The molecular formula is C20H20ClN3O4. The molecule has 8 heteroatoms. The summed E-state index contributed by atoms with van der Waals surface area (Å²) in [4.78, 5) is 37.3. The van der Waals surface area contributed by atoms with Crippen LogP contribution in [0.2, 0.25) is 5.02 Å². The van der Waals surface area contributed by atoms with E-state index in [0.29, 0.717) is 47.9 Å². The number of aliphatic carboxylic acids is 1. The van der Waals surface area contributed by atoms with Gasteiger partial charge in [-0.25, -0.2) is 4.79 Å². The van der Waals surface area contributed by atoms with E-state index in [0.717, 1.165) is 0 Å². The summed E-state index contributed by atoms with van der Waals surface area (Å²) in [5.74, 6) is -1.32. The average Bonchev–Trinajstić information content (AvgIpc) is 2.70. The fourth-order valence-electron chi connectivity index (χ4n) is 3.03. The molecule has 0 radical (unpaired) electrons. The SMILES string of the molecule is O=C(Nc1ccc(Cl)cc1)Nc1ccc(C(=O)N2CCC(C(=O)O)CC2)cc1. The number of hydrogen-bond donors (Lipinski definition) is 3. The van der Waals surface area contributed by atoms with Crippen molar-refractivity contribution < 1.29 is 19.5 Å². The number of benzene rings is 2. The standard InChI is InChI=1S/C20H20ClN3O4/c21-15-3-7-17(8-4-15)23-20(28)22-16-5-1-13(2-6-16)18(25)24-11-9-14(10-12-24)19(26)27/h1-8,14H,9-12H2,(H,26,27)(H2,22,23,28). The number of carboxylic acid groups (broad SMARTS) is 1. The fourth-order valence-corrected chi connectivity index (χ4v) is 3.16. The van der Waals surface area contributed by atoms with E-state index in [-0.39, 0.29) is 11.8 Å². The molecule has 0 unspecified atom stereocenters. The number of hydrogen-bond acceptors (Lipinski definition) is 3. The van der Waals surface area contributed by atoms with Gasteiger partial charge in [-0.15, -0.1) is 0 Å². The highest BCUT2D eigenvalue weighted by molar-refractivity contribution is 6.30. The van der Waals surface area contributed by atoms with E-state index in [9.17, 15) is 14.4 Å². The third-order valence-corrected chi connectivity index (χ3v) is 4.88. The van der Waals surface area contributed by atoms with E-state index >= 15 is 0 Å². The first kappa shape index (κ1) is 19.7. The van der Waals surface area contributed by atoms with Gasteiger partial charge in [0.1, 0.15) is 0 Å². The van der Waals surface area contributed by atoms with Crippen molar-refractivity contribution in [2.24, 2.45) is 5.92 Å². The van der Waals surface area contributed by atoms with Crippen LogP contribution in [0.15, 0.2) is 48.5 Å². The molecule has 1 fully saturated rings. The monoisotopic (exact) mass is 401 g/mol. The molecule has 0 atom stereocenters. The minimum Gasteiger partial charge on any atom is -0.481 e. The van der Waals surface area contributed by atoms with E-state index in [1.165, 1.54) is 0 Å². The smallest absolute Gasteiger partial charge is 0.323 e. The van der Waals surface area contributed by atoms with Crippen LogP contribution in [0.25, 0.3) is 0 Å². The Bertz CT molecular complexity index is 860. The van der Waals surface area contributed by atoms with Crippen LogP contribution >= 0.6 is 11.6 Å². The van der Waals surface area contributed by atoms with Crippen LogP contribution in [0.4, 0.5) is 16.2 Å². The van der Waals surface area contributed by atoms with Crippen molar-refractivity contribution in [3.8, 4) is 0 Å². The van der Waals surface area contributed by atoms with E-state index in [4.69, 9.17) is 16.7 Å². The molecule has 3 rings (SSSR count). The Kier molecular flexibility index (Phi) is 6.16. The molecule has 0 bridgehead atoms. The first-order valence-electron chi connectivity index (χ1n) is 8.88. The lowest BCUT2D eigenvalue weighted by atomic mass is 9.96. The number of piperidine rings is 1. The molecule has 0 spiro atoms. The molecule has 3 N–H and O–H groups in total. The lowest BCUT2D eigenvalue weighted by Gasteiger charge is -2.30. The van der Waals surface area contributed by atoms with Gasteiger partial charge in [0.25, 0.3) is 5.91 Å². The van der Waals surface area contributed by atoms with Crippen molar-refractivity contribution in [3.05, 3.63) is 59.1 Å². The lowest BCUT2D eigenvalue weighted by molar-refractivity contribution is -0.143. The number of anilines is 2. The average molecular weight is 402 g/mol. The highest BCUT2D eigenvalue weighted by Gasteiger charge is 2.27. The summed E-state index contributed by atoms with van der Waals surface area (Å²) in [6, 6.07) is 12.9. The Morgan fingerprint density at radius 1 is 0.893 bits per heavy atom. The summed E-state index contributed by atoms with van der Waals surface area (Å²) in [6.45, 7) is 0.860.